The lowest BCUT2D eigenvalue weighted by atomic mass is 9.99. The number of halogens is 6. The largest absolute Gasteiger partial charge is 0.422 e. The van der Waals surface area contributed by atoms with Crippen LogP contribution in [0.5, 0.6) is 0 Å². The molecule has 1 unspecified atom stereocenters. The van der Waals surface area contributed by atoms with Gasteiger partial charge in [0.05, 0.1) is 11.7 Å². The average molecular weight is 552 g/mol. The minimum absolute atomic E-state index is 0.0439. The molecule has 1 fully saturated rings. The lowest BCUT2D eigenvalue weighted by Gasteiger charge is -2.28. The second-order valence-corrected chi connectivity index (χ2v) is 9.20. The number of likely N-dealkylation sites (tertiary alicyclic amines) is 1. The quantitative estimate of drug-likeness (QED) is 0.269. The first-order valence-electron chi connectivity index (χ1n) is 12.1. The summed E-state index contributed by atoms with van der Waals surface area (Å²) in [5, 5.41) is 17.6. The summed E-state index contributed by atoms with van der Waals surface area (Å²) in [4.78, 5) is 5.78. The van der Waals surface area contributed by atoms with E-state index in [0.29, 0.717) is 0 Å². The van der Waals surface area contributed by atoms with Crippen LogP contribution in [0.4, 0.5) is 26.3 Å². The minimum atomic E-state index is -4.95. The molecule has 2 aromatic carbocycles. The molecule has 39 heavy (non-hydrogen) atoms. The summed E-state index contributed by atoms with van der Waals surface area (Å²) in [6, 6.07) is 10.6. The van der Waals surface area contributed by atoms with E-state index in [1.165, 1.54) is 30.3 Å². The SMILES string of the molecule is OC(CN1CCCCC1)c1ccc(-c2noc(-c3onc(-c4ccccc4)c3C(F)(F)F)n2)c(C(F)(F)F)c1. The Morgan fingerprint density at radius 2 is 1.59 bits per heavy atom. The summed E-state index contributed by atoms with van der Waals surface area (Å²) in [7, 11) is 0. The van der Waals surface area contributed by atoms with Gasteiger partial charge in [-0.3, -0.25) is 0 Å². The highest BCUT2D eigenvalue weighted by Crippen LogP contribution is 2.44. The number of alkyl halides is 6. The van der Waals surface area contributed by atoms with Gasteiger partial charge in [0, 0.05) is 17.7 Å². The molecule has 3 heterocycles. The fourth-order valence-corrected chi connectivity index (χ4v) is 4.61. The van der Waals surface area contributed by atoms with Crippen molar-refractivity contribution in [2.24, 2.45) is 0 Å². The van der Waals surface area contributed by atoms with Gasteiger partial charge in [-0.25, -0.2) is 0 Å². The Balaban J connectivity index is 1.50. The lowest BCUT2D eigenvalue weighted by molar-refractivity contribution is -0.137. The highest BCUT2D eigenvalue weighted by atomic mass is 19.4. The molecule has 0 saturated carbocycles. The second-order valence-electron chi connectivity index (χ2n) is 9.20. The van der Waals surface area contributed by atoms with Gasteiger partial charge in [0.1, 0.15) is 11.3 Å². The molecule has 13 heteroatoms. The predicted octanol–water partition coefficient (Wildman–Crippen LogP) is 6.62. The number of piperidine rings is 1. The number of rotatable bonds is 6. The average Bonchev–Trinajstić information content (AvgIpc) is 3.57. The number of aliphatic hydroxyl groups excluding tert-OH is 1. The first-order valence-corrected chi connectivity index (χ1v) is 12.1. The van der Waals surface area contributed by atoms with E-state index in [-0.39, 0.29) is 17.7 Å². The van der Waals surface area contributed by atoms with E-state index < -0.39 is 58.3 Å². The maximum Gasteiger partial charge on any atom is 0.422 e. The summed E-state index contributed by atoms with van der Waals surface area (Å²) < 4.78 is 93.8. The van der Waals surface area contributed by atoms with Gasteiger partial charge in [-0.1, -0.05) is 59.2 Å². The third-order valence-electron chi connectivity index (χ3n) is 6.50. The van der Waals surface area contributed by atoms with E-state index in [2.05, 4.69) is 15.3 Å². The molecule has 0 spiro atoms. The maximum absolute atomic E-state index is 14.0. The second kappa shape index (κ2) is 10.5. The van der Waals surface area contributed by atoms with E-state index in [4.69, 9.17) is 9.05 Å². The Morgan fingerprint density at radius 1 is 0.872 bits per heavy atom. The monoisotopic (exact) mass is 552 g/mol. The van der Waals surface area contributed by atoms with Crippen LogP contribution in [0.15, 0.2) is 57.6 Å². The molecule has 0 bridgehead atoms. The summed E-state index contributed by atoms with van der Waals surface area (Å²) in [5.74, 6) is -2.29. The fourth-order valence-electron chi connectivity index (χ4n) is 4.61. The van der Waals surface area contributed by atoms with Crippen LogP contribution in [-0.4, -0.2) is 44.9 Å². The van der Waals surface area contributed by atoms with E-state index in [9.17, 15) is 31.4 Å². The van der Waals surface area contributed by atoms with Crippen molar-refractivity contribution in [3.8, 4) is 34.3 Å². The van der Waals surface area contributed by atoms with Crippen molar-refractivity contribution < 1.29 is 40.5 Å². The highest BCUT2D eigenvalue weighted by molar-refractivity contribution is 5.71. The summed E-state index contributed by atoms with van der Waals surface area (Å²) in [6.07, 6.45) is -8.02. The molecular formula is C26H22F6N4O3. The Morgan fingerprint density at radius 3 is 2.26 bits per heavy atom. The predicted molar refractivity (Wildman–Crippen MR) is 126 cm³/mol. The van der Waals surface area contributed by atoms with Crippen molar-refractivity contribution in [2.75, 3.05) is 19.6 Å². The van der Waals surface area contributed by atoms with Gasteiger partial charge >= 0.3 is 12.4 Å². The van der Waals surface area contributed by atoms with E-state index in [0.717, 1.165) is 44.5 Å². The molecule has 1 saturated heterocycles. The van der Waals surface area contributed by atoms with Crippen LogP contribution in [-0.2, 0) is 12.4 Å². The van der Waals surface area contributed by atoms with Gasteiger partial charge in [0.15, 0.2) is 0 Å². The van der Waals surface area contributed by atoms with Crippen molar-refractivity contribution in [2.45, 2.75) is 37.7 Å². The Hall–Kier alpha value is -3.71. The zero-order valence-corrected chi connectivity index (χ0v) is 20.3. The minimum Gasteiger partial charge on any atom is -0.387 e. The molecule has 1 aliphatic rings. The number of hydrogen-bond donors (Lipinski definition) is 1. The van der Waals surface area contributed by atoms with Gasteiger partial charge < -0.3 is 19.1 Å². The molecule has 2 aromatic heterocycles. The molecule has 1 aliphatic heterocycles. The molecular weight excluding hydrogens is 530 g/mol. The number of hydrogen-bond acceptors (Lipinski definition) is 7. The van der Waals surface area contributed by atoms with E-state index in [1.807, 2.05) is 4.90 Å². The van der Waals surface area contributed by atoms with Gasteiger partial charge in [0.25, 0.3) is 5.89 Å². The molecule has 0 radical (unpaired) electrons. The van der Waals surface area contributed by atoms with E-state index >= 15 is 0 Å². The van der Waals surface area contributed by atoms with Crippen LogP contribution < -0.4 is 0 Å². The Labute approximate surface area is 218 Å². The maximum atomic E-state index is 14.0. The molecule has 1 atom stereocenters. The van der Waals surface area contributed by atoms with Gasteiger partial charge in [0.2, 0.25) is 11.6 Å². The standard InChI is InChI=1S/C26H22F6N4O3/c27-25(28,29)18-13-16(19(37)14-36-11-5-2-6-12-36)9-10-17(18)23-33-24(39-35-23)22-20(26(30,31)32)21(34-38-22)15-7-3-1-4-8-15/h1,3-4,7-10,13,19,37H,2,5-6,11-12,14H2. The summed E-state index contributed by atoms with van der Waals surface area (Å²) in [5.41, 5.74) is -3.36. The fraction of sp³-hybridized carbons (Fsp3) is 0.346. The van der Waals surface area contributed by atoms with Crippen LogP contribution in [0.1, 0.15) is 42.1 Å². The van der Waals surface area contributed by atoms with Crippen LogP contribution in [0.25, 0.3) is 34.3 Å². The zero-order chi connectivity index (χ0) is 27.8. The van der Waals surface area contributed by atoms with Crippen LogP contribution in [0.3, 0.4) is 0 Å². The van der Waals surface area contributed by atoms with Crippen molar-refractivity contribution in [3.05, 3.63) is 65.2 Å². The topological polar surface area (TPSA) is 88.4 Å². The van der Waals surface area contributed by atoms with Crippen molar-refractivity contribution in [3.63, 3.8) is 0 Å². The molecule has 0 amide bonds. The van der Waals surface area contributed by atoms with Crippen LogP contribution >= 0.6 is 0 Å². The molecule has 1 N–H and O–H groups in total. The van der Waals surface area contributed by atoms with Gasteiger partial charge in [-0.05, 0) is 37.6 Å². The van der Waals surface area contributed by atoms with E-state index in [1.54, 1.807) is 6.07 Å². The number of nitrogens with zero attached hydrogens (tertiary/aromatic N) is 4. The van der Waals surface area contributed by atoms with Crippen molar-refractivity contribution >= 4 is 0 Å². The normalized spacial score (nSPS) is 16.0. The van der Waals surface area contributed by atoms with Gasteiger partial charge in [-0.15, -0.1) is 0 Å². The molecule has 0 aliphatic carbocycles. The molecule has 5 rings (SSSR count). The van der Waals surface area contributed by atoms with Crippen molar-refractivity contribution in [1.29, 1.82) is 0 Å². The lowest BCUT2D eigenvalue weighted by Crippen LogP contribution is -2.33. The first-order chi connectivity index (χ1) is 18.5. The first kappa shape index (κ1) is 26.9. The Bertz CT molecular complexity index is 1430. The highest BCUT2D eigenvalue weighted by Gasteiger charge is 2.43. The number of benzene rings is 2. The summed E-state index contributed by atoms with van der Waals surface area (Å²) in [6.45, 7) is 1.68. The smallest absolute Gasteiger partial charge is 0.387 e. The van der Waals surface area contributed by atoms with Crippen LogP contribution in [0.2, 0.25) is 0 Å². The summed E-state index contributed by atoms with van der Waals surface area (Å²) >= 11 is 0. The number of β-amino-alcohol motifs (C(OH)–C–C–N with tert-alkyl or cyclic N) is 1. The third kappa shape index (κ3) is 5.69. The Kier molecular flexibility index (Phi) is 7.21. The molecule has 7 nitrogen and oxygen atoms in total. The van der Waals surface area contributed by atoms with Crippen LogP contribution in [0, 0.1) is 0 Å². The van der Waals surface area contributed by atoms with Crippen molar-refractivity contribution in [1.82, 2.24) is 20.2 Å². The number of aromatic nitrogens is 3. The zero-order valence-electron chi connectivity index (χ0n) is 20.3. The van der Waals surface area contributed by atoms with Gasteiger partial charge in [-0.2, -0.15) is 31.3 Å². The number of aliphatic hydroxyl groups is 1. The molecule has 4 aromatic rings. The third-order valence-corrected chi connectivity index (χ3v) is 6.50. The molecule has 206 valence electrons.